The highest BCUT2D eigenvalue weighted by Crippen LogP contribution is 2.51. The molecule has 1 heterocycles. The van der Waals surface area contributed by atoms with Crippen molar-refractivity contribution in [2.75, 3.05) is 20.2 Å². The molecule has 0 spiro atoms. The summed E-state index contributed by atoms with van der Waals surface area (Å²) in [4.78, 5) is 5.54. The SMILES string of the molecule is CCNC(=NCC(C)(O)c1cccs1)NC1CC(C)(OC)C1(C)C.I. The van der Waals surface area contributed by atoms with Crippen LogP contribution < -0.4 is 10.6 Å². The van der Waals surface area contributed by atoms with Gasteiger partial charge in [-0.2, -0.15) is 0 Å². The topological polar surface area (TPSA) is 65.9 Å². The molecule has 3 atom stereocenters. The zero-order valence-electron chi connectivity index (χ0n) is 16.0. The minimum Gasteiger partial charge on any atom is -0.383 e. The number of rotatable bonds is 6. The van der Waals surface area contributed by atoms with E-state index in [-0.39, 0.29) is 41.0 Å². The quantitative estimate of drug-likeness (QED) is 0.331. The van der Waals surface area contributed by atoms with Crippen LogP contribution in [0.25, 0.3) is 0 Å². The Balaban J connectivity index is 0.00000312. The van der Waals surface area contributed by atoms with Gasteiger partial charge in [0.05, 0.1) is 12.1 Å². The highest BCUT2D eigenvalue weighted by Gasteiger charge is 2.58. The molecular formula is C18H32IN3O2S. The van der Waals surface area contributed by atoms with Crippen LogP contribution in [0.3, 0.4) is 0 Å². The number of guanidine groups is 1. The molecule has 0 aromatic carbocycles. The second kappa shape index (κ2) is 8.54. The summed E-state index contributed by atoms with van der Waals surface area (Å²) in [5.41, 5.74) is -1.06. The van der Waals surface area contributed by atoms with E-state index in [0.29, 0.717) is 6.54 Å². The lowest BCUT2D eigenvalue weighted by molar-refractivity contribution is -0.176. The summed E-state index contributed by atoms with van der Waals surface area (Å²) >= 11 is 1.55. The van der Waals surface area contributed by atoms with Crippen molar-refractivity contribution in [3.63, 3.8) is 0 Å². The molecule has 1 saturated carbocycles. The van der Waals surface area contributed by atoms with Gasteiger partial charge in [-0.3, -0.25) is 0 Å². The zero-order valence-corrected chi connectivity index (χ0v) is 19.2. The monoisotopic (exact) mass is 481 g/mol. The standard InChI is InChI=1S/C18H31N3O2S.HI/c1-7-19-15(20-12-17(4,22)14-9-8-10-24-14)21-13-11-18(5,23-6)16(13,2)3;/h8-10,13,22H,7,11-12H2,1-6H3,(H2,19,20,21);1H. The van der Waals surface area contributed by atoms with E-state index < -0.39 is 5.60 Å². The number of hydrogen-bond donors (Lipinski definition) is 3. The second-order valence-electron chi connectivity index (χ2n) is 7.50. The molecule has 3 N–H and O–H groups in total. The Morgan fingerprint density at radius 1 is 1.48 bits per heavy atom. The largest absolute Gasteiger partial charge is 0.383 e. The van der Waals surface area contributed by atoms with Crippen LogP contribution in [-0.2, 0) is 10.3 Å². The number of thiophene rings is 1. The van der Waals surface area contributed by atoms with E-state index in [1.165, 1.54) is 0 Å². The fourth-order valence-electron chi connectivity index (χ4n) is 3.10. The van der Waals surface area contributed by atoms with Crippen LogP contribution in [-0.4, -0.2) is 42.9 Å². The highest BCUT2D eigenvalue weighted by molar-refractivity contribution is 14.0. The van der Waals surface area contributed by atoms with Crippen LogP contribution >= 0.6 is 35.3 Å². The third-order valence-electron chi connectivity index (χ3n) is 5.53. The Labute approximate surface area is 172 Å². The molecule has 1 fully saturated rings. The third kappa shape index (κ3) is 4.67. The van der Waals surface area contributed by atoms with E-state index in [9.17, 15) is 5.11 Å². The van der Waals surface area contributed by atoms with Crippen molar-refractivity contribution in [2.24, 2.45) is 10.4 Å². The molecule has 0 bridgehead atoms. The predicted molar refractivity (Wildman–Crippen MR) is 116 cm³/mol. The van der Waals surface area contributed by atoms with Gasteiger partial charge in [0.1, 0.15) is 5.60 Å². The molecule has 0 saturated heterocycles. The Morgan fingerprint density at radius 2 is 2.16 bits per heavy atom. The van der Waals surface area contributed by atoms with Gasteiger partial charge in [0.15, 0.2) is 5.96 Å². The molecule has 3 unspecified atom stereocenters. The molecular weight excluding hydrogens is 449 g/mol. The van der Waals surface area contributed by atoms with Gasteiger partial charge in [-0.1, -0.05) is 19.9 Å². The van der Waals surface area contributed by atoms with E-state index in [1.807, 2.05) is 24.4 Å². The van der Waals surface area contributed by atoms with E-state index in [2.05, 4.69) is 36.4 Å². The van der Waals surface area contributed by atoms with Gasteiger partial charge in [-0.15, -0.1) is 35.3 Å². The molecule has 144 valence electrons. The minimum absolute atomic E-state index is 0. The smallest absolute Gasteiger partial charge is 0.191 e. The van der Waals surface area contributed by atoms with Crippen molar-refractivity contribution in [1.29, 1.82) is 0 Å². The van der Waals surface area contributed by atoms with Crippen molar-refractivity contribution in [1.82, 2.24) is 10.6 Å². The normalized spacial score (nSPS) is 27.6. The van der Waals surface area contributed by atoms with Gasteiger partial charge in [-0.05, 0) is 38.6 Å². The Bertz CT molecular complexity index is 575. The van der Waals surface area contributed by atoms with Crippen molar-refractivity contribution < 1.29 is 9.84 Å². The van der Waals surface area contributed by atoms with E-state index in [0.717, 1.165) is 23.8 Å². The van der Waals surface area contributed by atoms with Gasteiger partial charge < -0.3 is 20.5 Å². The average molecular weight is 481 g/mol. The first-order valence-corrected chi connectivity index (χ1v) is 9.40. The Kier molecular flexibility index (Phi) is 7.74. The van der Waals surface area contributed by atoms with Crippen LogP contribution in [0.4, 0.5) is 0 Å². The summed E-state index contributed by atoms with van der Waals surface area (Å²) in [6, 6.07) is 4.18. The molecule has 0 radical (unpaired) electrons. The van der Waals surface area contributed by atoms with Crippen LogP contribution in [0.1, 0.15) is 45.9 Å². The molecule has 25 heavy (non-hydrogen) atoms. The summed E-state index contributed by atoms with van der Waals surface area (Å²) in [7, 11) is 1.77. The van der Waals surface area contributed by atoms with E-state index in [1.54, 1.807) is 25.4 Å². The van der Waals surface area contributed by atoms with Crippen LogP contribution in [0.15, 0.2) is 22.5 Å². The summed E-state index contributed by atoms with van der Waals surface area (Å²) in [6.45, 7) is 11.5. The van der Waals surface area contributed by atoms with E-state index >= 15 is 0 Å². The fraction of sp³-hybridized carbons (Fsp3) is 0.722. The van der Waals surface area contributed by atoms with Gasteiger partial charge in [-0.25, -0.2) is 4.99 Å². The lowest BCUT2D eigenvalue weighted by Crippen LogP contribution is -2.69. The Morgan fingerprint density at radius 3 is 2.64 bits per heavy atom. The summed E-state index contributed by atoms with van der Waals surface area (Å²) in [6.07, 6.45) is 0.933. The first-order valence-electron chi connectivity index (χ1n) is 8.52. The minimum atomic E-state index is -0.952. The summed E-state index contributed by atoms with van der Waals surface area (Å²) in [5, 5.41) is 19.4. The maximum Gasteiger partial charge on any atom is 0.191 e. The molecule has 1 aliphatic carbocycles. The molecule has 5 nitrogen and oxygen atoms in total. The first kappa shape index (κ1) is 22.7. The Hall–Kier alpha value is -0.380. The molecule has 1 aliphatic rings. The maximum absolute atomic E-state index is 10.6. The van der Waals surface area contributed by atoms with Gasteiger partial charge in [0, 0.05) is 30.0 Å². The average Bonchev–Trinajstić information content (AvgIpc) is 3.07. The van der Waals surface area contributed by atoms with Gasteiger partial charge >= 0.3 is 0 Å². The lowest BCUT2D eigenvalue weighted by Gasteiger charge is -2.59. The molecule has 0 amide bonds. The molecule has 0 aliphatic heterocycles. The lowest BCUT2D eigenvalue weighted by atomic mass is 9.56. The van der Waals surface area contributed by atoms with Crippen molar-refractivity contribution in [3.8, 4) is 0 Å². The summed E-state index contributed by atoms with van der Waals surface area (Å²) in [5.74, 6) is 0.741. The number of aliphatic hydroxyl groups is 1. The van der Waals surface area contributed by atoms with Crippen molar-refractivity contribution in [3.05, 3.63) is 22.4 Å². The van der Waals surface area contributed by atoms with Crippen LogP contribution in [0, 0.1) is 5.41 Å². The summed E-state index contributed by atoms with van der Waals surface area (Å²) < 4.78 is 5.68. The number of halogens is 1. The second-order valence-corrected chi connectivity index (χ2v) is 8.45. The van der Waals surface area contributed by atoms with Crippen LogP contribution in [0.5, 0.6) is 0 Å². The molecule has 1 aromatic rings. The van der Waals surface area contributed by atoms with Crippen LogP contribution in [0.2, 0.25) is 0 Å². The number of methoxy groups -OCH3 is 1. The number of nitrogens with zero attached hydrogens (tertiary/aromatic N) is 1. The third-order valence-corrected chi connectivity index (χ3v) is 6.65. The fourth-order valence-corrected chi connectivity index (χ4v) is 3.88. The predicted octanol–water partition coefficient (Wildman–Crippen LogP) is 3.33. The van der Waals surface area contributed by atoms with Gasteiger partial charge in [0.2, 0.25) is 0 Å². The molecule has 1 aromatic heterocycles. The number of hydrogen-bond acceptors (Lipinski definition) is 4. The number of ether oxygens (including phenoxy) is 1. The first-order chi connectivity index (χ1) is 11.2. The van der Waals surface area contributed by atoms with Crippen molar-refractivity contribution in [2.45, 2.75) is 58.3 Å². The van der Waals surface area contributed by atoms with E-state index in [4.69, 9.17) is 4.74 Å². The van der Waals surface area contributed by atoms with Crippen molar-refractivity contribution >= 4 is 41.3 Å². The van der Waals surface area contributed by atoms with Gasteiger partial charge in [0.25, 0.3) is 0 Å². The number of nitrogens with one attached hydrogen (secondary N) is 2. The molecule has 2 rings (SSSR count). The maximum atomic E-state index is 10.6. The zero-order chi connectivity index (χ0) is 18.0. The number of aliphatic imine (C=N–C) groups is 1. The highest BCUT2D eigenvalue weighted by atomic mass is 127. The molecule has 7 heteroatoms.